The van der Waals surface area contributed by atoms with Crippen molar-refractivity contribution in [3.05, 3.63) is 60.2 Å². The quantitative estimate of drug-likeness (QED) is 0.273. The molecule has 0 fully saturated rings. The van der Waals surface area contributed by atoms with E-state index in [1.54, 1.807) is 24.3 Å². The molecule has 0 amide bonds. The van der Waals surface area contributed by atoms with Gasteiger partial charge in [0.25, 0.3) is 0 Å². The van der Waals surface area contributed by atoms with Crippen molar-refractivity contribution in [2.75, 3.05) is 0 Å². The summed E-state index contributed by atoms with van der Waals surface area (Å²) in [6.45, 7) is 6.86. The molecule has 0 N–H and O–H groups in total. The van der Waals surface area contributed by atoms with Gasteiger partial charge in [0.1, 0.15) is 0 Å². The van der Waals surface area contributed by atoms with E-state index in [9.17, 15) is 9.59 Å². The van der Waals surface area contributed by atoms with Gasteiger partial charge >= 0.3 is 0 Å². The second-order valence-electron chi connectivity index (χ2n) is 3.22. The minimum Gasteiger partial charge on any atom is -0.285 e. The van der Waals surface area contributed by atoms with E-state index in [1.807, 2.05) is 0 Å². The van der Waals surface area contributed by atoms with Gasteiger partial charge in [0.15, 0.2) is 0 Å². The summed E-state index contributed by atoms with van der Waals surface area (Å²) in [4.78, 5) is 23.2. The van der Waals surface area contributed by atoms with Gasteiger partial charge in [-0.3, -0.25) is 9.59 Å². The summed E-state index contributed by atoms with van der Waals surface area (Å²) in [7, 11) is 0. The molecule has 0 aliphatic carbocycles. The Morgan fingerprint density at radius 2 is 1.81 bits per heavy atom. The lowest BCUT2D eigenvalue weighted by atomic mass is 10.0. The lowest BCUT2D eigenvalue weighted by Crippen LogP contribution is -2.14. The molecule has 1 rings (SSSR count). The van der Waals surface area contributed by atoms with Gasteiger partial charge in [-0.25, -0.2) is 0 Å². The average molecular weight is 279 g/mol. The van der Waals surface area contributed by atoms with Crippen molar-refractivity contribution in [3.8, 4) is 0 Å². The number of alkyl halides is 1. The van der Waals surface area contributed by atoms with Gasteiger partial charge in [-0.1, -0.05) is 59.4 Å². The van der Waals surface area contributed by atoms with Gasteiger partial charge in [-0.15, -0.1) is 0 Å². The molecule has 0 unspecified atom stereocenters. The van der Waals surface area contributed by atoms with Crippen molar-refractivity contribution in [2.24, 2.45) is 0 Å². The molecule has 2 nitrogen and oxygen atoms in total. The standard InChI is InChI=1S/C13H11BrO2/c1-3-9(2)12(15)13(16)11-6-4-10(8-14)5-7-11/h3-7H,1-2,8H2. The number of halogens is 1. The predicted molar refractivity (Wildman–Crippen MR) is 67.7 cm³/mol. The molecule has 0 saturated carbocycles. The van der Waals surface area contributed by atoms with Crippen LogP contribution >= 0.6 is 15.9 Å². The van der Waals surface area contributed by atoms with Crippen molar-refractivity contribution < 1.29 is 9.59 Å². The molecule has 0 saturated heterocycles. The molecule has 0 spiro atoms. The highest BCUT2D eigenvalue weighted by molar-refractivity contribution is 9.08. The zero-order valence-corrected chi connectivity index (χ0v) is 10.3. The van der Waals surface area contributed by atoms with E-state index in [0.29, 0.717) is 5.56 Å². The van der Waals surface area contributed by atoms with E-state index in [4.69, 9.17) is 0 Å². The number of Topliss-reactive ketones (excluding diaryl/α,β-unsaturated/α-hetero) is 2. The molecule has 0 atom stereocenters. The molecule has 0 heterocycles. The van der Waals surface area contributed by atoms with E-state index in [-0.39, 0.29) is 5.57 Å². The minimum atomic E-state index is -0.610. The largest absolute Gasteiger partial charge is 0.285 e. The first kappa shape index (κ1) is 12.6. The third-order valence-corrected chi connectivity index (χ3v) is 2.76. The fourth-order valence-corrected chi connectivity index (χ4v) is 1.49. The minimum absolute atomic E-state index is 0.120. The highest BCUT2D eigenvalue weighted by Gasteiger charge is 2.17. The summed E-state index contributed by atoms with van der Waals surface area (Å²) in [5.74, 6) is -1.16. The summed E-state index contributed by atoms with van der Waals surface area (Å²) < 4.78 is 0. The van der Waals surface area contributed by atoms with Crippen LogP contribution in [0.15, 0.2) is 49.1 Å². The number of hydrogen-bond donors (Lipinski definition) is 0. The molecule has 3 heteroatoms. The van der Waals surface area contributed by atoms with Gasteiger partial charge in [-0.2, -0.15) is 0 Å². The Morgan fingerprint density at radius 1 is 1.25 bits per heavy atom. The van der Waals surface area contributed by atoms with Crippen LogP contribution in [-0.4, -0.2) is 11.6 Å². The molecule has 82 valence electrons. The second kappa shape index (κ2) is 5.56. The number of rotatable bonds is 5. The number of ketones is 2. The SMILES string of the molecule is C=CC(=C)C(=O)C(=O)c1ccc(CBr)cc1. The van der Waals surface area contributed by atoms with Gasteiger partial charge in [-0.05, 0) is 5.56 Å². The van der Waals surface area contributed by atoms with E-state index in [2.05, 4.69) is 29.1 Å². The molecule has 0 radical (unpaired) electrons. The molecule has 0 aliphatic rings. The number of carbonyl (C=O) groups is 2. The number of carbonyl (C=O) groups excluding carboxylic acids is 2. The molecule has 1 aromatic carbocycles. The Labute approximate surface area is 103 Å². The third-order valence-electron chi connectivity index (χ3n) is 2.11. The van der Waals surface area contributed by atoms with Crippen LogP contribution in [0.4, 0.5) is 0 Å². The van der Waals surface area contributed by atoms with Crippen LogP contribution in [-0.2, 0) is 10.1 Å². The first-order valence-corrected chi connectivity index (χ1v) is 5.77. The van der Waals surface area contributed by atoms with Gasteiger partial charge < -0.3 is 0 Å². The maximum atomic E-state index is 11.7. The average Bonchev–Trinajstić information content (AvgIpc) is 2.36. The van der Waals surface area contributed by atoms with E-state index >= 15 is 0 Å². The third kappa shape index (κ3) is 2.76. The summed E-state index contributed by atoms with van der Waals surface area (Å²) in [5, 5.41) is 0.717. The molecular formula is C13H11BrO2. The lowest BCUT2D eigenvalue weighted by Gasteiger charge is -2.01. The Morgan fingerprint density at radius 3 is 2.25 bits per heavy atom. The Kier molecular flexibility index (Phi) is 4.38. The topological polar surface area (TPSA) is 34.1 Å². The molecule has 0 bridgehead atoms. The van der Waals surface area contributed by atoms with Crippen molar-refractivity contribution in [1.82, 2.24) is 0 Å². The van der Waals surface area contributed by atoms with Crippen LogP contribution in [0.1, 0.15) is 15.9 Å². The highest BCUT2D eigenvalue weighted by atomic mass is 79.9. The summed E-state index contributed by atoms with van der Waals surface area (Å²) in [5.41, 5.74) is 1.54. The number of hydrogen-bond acceptors (Lipinski definition) is 2. The van der Waals surface area contributed by atoms with Crippen LogP contribution < -0.4 is 0 Å². The zero-order chi connectivity index (χ0) is 12.1. The van der Waals surface area contributed by atoms with Gasteiger partial charge in [0.2, 0.25) is 11.6 Å². The van der Waals surface area contributed by atoms with E-state index < -0.39 is 11.6 Å². The molecule has 16 heavy (non-hydrogen) atoms. The van der Waals surface area contributed by atoms with E-state index in [1.165, 1.54) is 6.08 Å². The Balaban J connectivity index is 2.92. The van der Waals surface area contributed by atoms with E-state index in [0.717, 1.165) is 10.9 Å². The Hall–Kier alpha value is -1.48. The van der Waals surface area contributed by atoms with Gasteiger partial charge in [0, 0.05) is 16.5 Å². The summed E-state index contributed by atoms with van der Waals surface area (Å²) in [6.07, 6.45) is 1.28. The van der Waals surface area contributed by atoms with Crippen LogP contribution in [0.3, 0.4) is 0 Å². The normalized spacial score (nSPS) is 9.56. The summed E-state index contributed by atoms with van der Waals surface area (Å²) in [6, 6.07) is 6.86. The van der Waals surface area contributed by atoms with Crippen molar-refractivity contribution in [2.45, 2.75) is 5.33 Å². The molecule has 0 aromatic heterocycles. The fraction of sp³-hybridized carbons (Fsp3) is 0.0769. The zero-order valence-electron chi connectivity index (χ0n) is 8.70. The first-order chi connectivity index (χ1) is 7.60. The molecule has 1 aromatic rings. The Bertz CT molecular complexity index is 444. The lowest BCUT2D eigenvalue weighted by molar-refractivity contribution is -0.111. The van der Waals surface area contributed by atoms with Crippen LogP contribution in [0, 0.1) is 0 Å². The van der Waals surface area contributed by atoms with Crippen molar-refractivity contribution in [3.63, 3.8) is 0 Å². The first-order valence-electron chi connectivity index (χ1n) is 4.65. The number of benzene rings is 1. The van der Waals surface area contributed by atoms with Crippen molar-refractivity contribution >= 4 is 27.5 Å². The van der Waals surface area contributed by atoms with Crippen LogP contribution in [0.2, 0.25) is 0 Å². The van der Waals surface area contributed by atoms with Crippen molar-refractivity contribution in [1.29, 1.82) is 0 Å². The van der Waals surface area contributed by atoms with Gasteiger partial charge in [0.05, 0.1) is 0 Å². The summed E-state index contributed by atoms with van der Waals surface area (Å²) >= 11 is 3.30. The maximum absolute atomic E-state index is 11.7. The molecule has 0 aliphatic heterocycles. The van der Waals surface area contributed by atoms with Crippen LogP contribution in [0.5, 0.6) is 0 Å². The monoisotopic (exact) mass is 278 g/mol. The fourth-order valence-electron chi connectivity index (χ4n) is 1.11. The smallest absolute Gasteiger partial charge is 0.233 e. The maximum Gasteiger partial charge on any atom is 0.233 e. The highest BCUT2D eigenvalue weighted by Crippen LogP contribution is 2.10. The molecular weight excluding hydrogens is 268 g/mol. The predicted octanol–water partition coefficient (Wildman–Crippen LogP) is 3.08. The van der Waals surface area contributed by atoms with Crippen LogP contribution in [0.25, 0.3) is 0 Å². The number of allylic oxidation sites excluding steroid dienone is 2. The second-order valence-corrected chi connectivity index (χ2v) is 3.78.